The van der Waals surface area contributed by atoms with Gasteiger partial charge in [-0.2, -0.15) is 0 Å². The van der Waals surface area contributed by atoms with Crippen LogP contribution in [-0.4, -0.2) is 21.4 Å². The topological polar surface area (TPSA) is 98.7 Å². The quantitative estimate of drug-likeness (QED) is 0.363. The van der Waals surface area contributed by atoms with Crippen LogP contribution in [0.25, 0.3) is 21.9 Å². The van der Waals surface area contributed by atoms with Gasteiger partial charge in [-0.1, -0.05) is 36.4 Å². The predicted octanol–water partition coefficient (Wildman–Crippen LogP) is 5.41. The first-order valence-electron chi connectivity index (χ1n) is 10.1. The highest BCUT2D eigenvalue weighted by Gasteiger charge is 2.23. The van der Waals surface area contributed by atoms with Gasteiger partial charge >= 0.3 is 0 Å². The molecule has 5 rings (SSSR count). The molecule has 0 spiro atoms. The summed E-state index contributed by atoms with van der Waals surface area (Å²) in [6.45, 7) is 0. The van der Waals surface area contributed by atoms with Crippen LogP contribution in [-0.2, 0) is 15.6 Å². The summed E-state index contributed by atoms with van der Waals surface area (Å²) in [4.78, 5) is 13.2. The zero-order chi connectivity index (χ0) is 23.0. The van der Waals surface area contributed by atoms with E-state index in [1.807, 2.05) is 24.3 Å². The molecule has 1 amide bonds. The van der Waals surface area contributed by atoms with Crippen LogP contribution in [0.15, 0.2) is 92.8 Å². The summed E-state index contributed by atoms with van der Waals surface area (Å²) in [5, 5.41) is 4.54. The van der Waals surface area contributed by atoms with Gasteiger partial charge in [-0.05, 0) is 30.3 Å². The number of anilines is 1. The Hall–Kier alpha value is -4.04. The Morgan fingerprint density at radius 1 is 0.939 bits per heavy atom. The zero-order valence-electron chi connectivity index (χ0n) is 17.6. The van der Waals surface area contributed by atoms with Crippen molar-refractivity contribution in [2.75, 3.05) is 12.4 Å². The third-order valence-corrected chi connectivity index (χ3v) is 7.03. The van der Waals surface area contributed by atoms with E-state index in [0.29, 0.717) is 17.0 Å². The highest BCUT2D eigenvalue weighted by atomic mass is 32.2. The third-order valence-electron chi connectivity index (χ3n) is 5.35. The Balaban J connectivity index is 1.46. The number of sulfone groups is 1. The number of para-hydroxylation sites is 1. The molecular formula is C25H19NO6S. The summed E-state index contributed by atoms with van der Waals surface area (Å²) in [7, 11) is -2.14. The summed E-state index contributed by atoms with van der Waals surface area (Å²) in [5.41, 5.74) is 1.94. The van der Waals surface area contributed by atoms with Gasteiger partial charge in [0.15, 0.2) is 15.6 Å². The second-order valence-corrected chi connectivity index (χ2v) is 9.44. The van der Waals surface area contributed by atoms with Gasteiger partial charge < -0.3 is 18.9 Å². The molecule has 0 saturated carbocycles. The lowest BCUT2D eigenvalue weighted by Crippen LogP contribution is -2.15. The van der Waals surface area contributed by atoms with E-state index in [2.05, 4.69) is 5.32 Å². The normalized spacial score (nSPS) is 11.7. The van der Waals surface area contributed by atoms with Crippen LogP contribution in [0.1, 0.15) is 16.1 Å². The lowest BCUT2D eigenvalue weighted by molar-refractivity contribution is 0.0995. The minimum Gasteiger partial charge on any atom is -0.495 e. The van der Waals surface area contributed by atoms with Crippen molar-refractivity contribution in [1.29, 1.82) is 0 Å². The number of methoxy groups -OCH3 is 1. The average molecular weight is 461 g/mol. The monoisotopic (exact) mass is 461 g/mol. The van der Waals surface area contributed by atoms with Gasteiger partial charge in [-0.25, -0.2) is 8.42 Å². The Morgan fingerprint density at radius 2 is 1.70 bits per heavy atom. The number of amides is 1. The van der Waals surface area contributed by atoms with E-state index in [1.165, 1.54) is 31.6 Å². The fourth-order valence-electron chi connectivity index (χ4n) is 3.76. The SMILES string of the molecule is COc1cc2c(cc1NC(=O)c1occc1CS(=O)(=O)c1ccccc1)oc1ccccc12. The molecule has 0 radical (unpaired) electrons. The summed E-state index contributed by atoms with van der Waals surface area (Å²) in [5.74, 6) is -0.601. The van der Waals surface area contributed by atoms with Gasteiger partial charge in [0, 0.05) is 22.4 Å². The van der Waals surface area contributed by atoms with Crippen LogP contribution in [0.3, 0.4) is 0 Å². The second kappa shape index (κ2) is 8.14. The molecule has 0 aliphatic heterocycles. The minimum absolute atomic E-state index is 0.0822. The number of carbonyl (C=O) groups excluding carboxylic acids is 1. The van der Waals surface area contributed by atoms with E-state index in [9.17, 15) is 13.2 Å². The Labute approximate surface area is 189 Å². The largest absolute Gasteiger partial charge is 0.495 e. The van der Waals surface area contributed by atoms with Crippen LogP contribution in [0, 0.1) is 0 Å². The first-order valence-corrected chi connectivity index (χ1v) is 11.8. The lowest BCUT2D eigenvalue weighted by atomic mass is 10.1. The Bertz CT molecular complexity index is 1580. The molecule has 7 nitrogen and oxygen atoms in total. The highest BCUT2D eigenvalue weighted by molar-refractivity contribution is 7.90. The molecule has 2 heterocycles. The molecule has 0 bridgehead atoms. The van der Waals surface area contributed by atoms with E-state index >= 15 is 0 Å². The van der Waals surface area contributed by atoms with Crippen molar-refractivity contribution in [3.8, 4) is 5.75 Å². The molecule has 33 heavy (non-hydrogen) atoms. The molecule has 1 N–H and O–H groups in total. The maximum Gasteiger partial charge on any atom is 0.291 e. The second-order valence-electron chi connectivity index (χ2n) is 7.45. The summed E-state index contributed by atoms with van der Waals surface area (Å²) in [6, 6.07) is 20.6. The van der Waals surface area contributed by atoms with E-state index in [1.54, 1.807) is 30.3 Å². The Kier molecular flexibility index (Phi) is 5.14. The van der Waals surface area contributed by atoms with Crippen molar-refractivity contribution < 1.29 is 26.8 Å². The van der Waals surface area contributed by atoms with Gasteiger partial charge in [-0.15, -0.1) is 0 Å². The Morgan fingerprint density at radius 3 is 2.48 bits per heavy atom. The summed E-state index contributed by atoms with van der Waals surface area (Å²) in [6.07, 6.45) is 1.30. The van der Waals surface area contributed by atoms with Crippen molar-refractivity contribution in [3.05, 3.63) is 90.4 Å². The molecule has 0 aliphatic carbocycles. The van der Waals surface area contributed by atoms with Crippen molar-refractivity contribution >= 4 is 43.4 Å². The van der Waals surface area contributed by atoms with Crippen molar-refractivity contribution in [3.63, 3.8) is 0 Å². The minimum atomic E-state index is -3.65. The van der Waals surface area contributed by atoms with Gasteiger partial charge in [0.25, 0.3) is 5.91 Å². The van der Waals surface area contributed by atoms with Crippen LogP contribution in [0.2, 0.25) is 0 Å². The average Bonchev–Trinajstić information content (AvgIpc) is 3.42. The first kappa shape index (κ1) is 20.8. The number of ether oxygens (including phenoxy) is 1. The molecule has 8 heteroatoms. The number of furan rings is 2. The number of carbonyl (C=O) groups is 1. The molecule has 0 atom stereocenters. The van der Waals surface area contributed by atoms with E-state index in [-0.39, 0.29) is 22.0 Å². The standard InChI is InChI=1S/C25H19NO6S/c1-30-23-13-19-18-9-5-6-10-21(18)32-22(19)14-20(23)26-25(27)24-16(11-12-31-24)15-33(28,29)17-7-3-2-4-8-17/h2-14H,15H2,1H3,(H,26,27). The molecule has 2 aromatic heterocycles. The van der Waals surface area contributed by atoms with E-state index in [4.69, 9.17) is 13.6 Å². The lowest BCUT2D eigenvalue weighted by Gasteiger charge is -2.10. The zero-order valence-corrected chi connectivity index (χ0v) is 18.4. The molecule has 5 aromatic rings. The molecule has 3 aromatic carbocycles. The van der Waals surface area contributed by atoms with Gasteiger partial charge in [-0.3, -0.25) is 4.79 Å². The van der Waals surface area contributed by atoms with E-state index < -0.39 is 15.7 Å². The number of fused-ring (bicyclic) bond motifs is 3. The van der Waals surface area contributed by atoms with E-state index in [0.717, 1.165) is 16.4 Å². The van der Waals surface area contributed by atoms with Gasteiger partial charge in [0.2, 0.25) is 0 Å². The van der Waals surface area contributed by atoms with Crippen molar-refractivity contribution in [2.24, 2.45) is 0 Å². The van der Waals surface area contributed by atoms with Gasteiger partial charge in [0.05, 0.1) is 29.7 Å². The van der Waals surface area contributed by atoms with Crippen LogP contribution in [0.5, 0.6) is 5.75 Å². The van der Waals surface area contributed by atoms with Crippen LogP contribution >= 0.6 is 0 Å². The maximum absolute atomic E-state index is 13.0. The number of hydrogen-bond donors (Lipinski definition) is 1. The fourth-order valence-corrected chi connectivity index (χ4v) is 5.14. The third kappa shape index (κ3) is 3.85. The fraction of sp³-hybridized carbons (Fsp3) is 0.0800. The summed E-state index contributed by atoms with van der Waals surface area (Å²) >= 11 is 0. The number of benzene rings is 3. The van der Waals surface area contributed by atoms with Crippen molar-refractivity contribution in [2.45, 2.75) is 10.6 Å². The molecule has 0 saturated heterocycles. The van der Waals surface area contributed by atoms with Gasteiger partial charge in [0.1, 0.15) is 16.9 Å². The van der Waals surface area contributed by atoms with Crippen molar-refractivity contribution in [1.82, 2.24) is 0 Å². The molecular weight excluding hydrogens is 442 g/mol. The molecule has 0 unspecified atom stereocenters. The molecule has 0 fully saturated rings. The maximum atomic E-state index is 13.0. The van der Waals surface area contributed by atoms with Crippen LogP contribution < -0.4 is 10.1 Å². The predicted molar refractivity (Wildman–Crippen MR) is 124 cm³/mol. The molecule has 166 valence electrons. The number of rotatable bonds is 6. The van der Waals surface area contributed by atoms with Crippen LogP contribution in [0.4, 0.5) is 5.69 Å². The molecule has 0 aliphatic rings. The smallest absolute Gasteiger partial charge is 0.291 e. The summed E-state index contributed by atoms with van der Waals surface area (Å²) < 4.78 is 42.2. The first-order chi connectivity index (χ1) is 16.0. The number of hydrogen-bond acceptors (Lipinski definition) is 6. The highest BCUT2D eigenvalue weighted by Crippen LogP contribution is 2.36. The number of nitrogens with one attached hydrogen (secondary N) is 1.